The van der Waals surface area contributed by atoms with Gasteiger partial charge in [-0.3, -0.25) is 14.4 Å². The minimum absolute atomic E-state index is 0.0321. The molecule has 0 radical (unpaired) electrons. The van der Waals surface area contributed by atoms with Crippen LogP contribution in [0.5, 0.6) is 0 Å². The molecule has 0 bridgehead atoms. The largest absolute Gasteiger partial charge is 0.465 e. The Balaban J connectivity index is 1.31. The lowest BCUT2D eigenvalue weighted by molar-refractivity contribution is -0.139. The molecule has 1 aliphatic heterocycles. The number of fused-ring (bicyclic) bond motifs is 2. The van der Waals surface area contributed by atoms with Gasteiger partial charge in [0.15, 0.2) is 0 Å². The molecule has 1 fully saturated rings. The van der Waals surface area contributed by atoms with Crippen LogP contribution in [0.3, 0.4) is 0 Å². The van der Waals surface area contributed by atoms with Crippen molar-refractivity contribution in [3.8, 4) is 0 Å². The summed E-state index contributed by atoms with van der Waals surface area (Å²) in [5, 5.41) is 20.2. The second-order valence-electron chi connectivity index (χ2n) is 12.2. The molecule has 48 heavy (non-hydrogen) atoms. The number of piperidine rings is 1. The number of carboxylic acid groups (broad SMARTS) is 1. The van der Waals surface area contributed by atoms with E-state index in [9.17, 15) is 24.3 Å². The number of primary amides is 1. The van der Waals surface area contributed by atoms with Crippen LogP contribution in [0.1, 0.15) is 46.5 Å². The molecule has 12 nitrogen and oxygen atoms in total. The number of hydrogen-bond acceptors (Lipinski definition) is 7. The predicted octanol–water partition coefficient (Wildman–Crippen LogP) is 4.33. The fourth-order valence-electron chi connectivity index (χ4n) is 6.27. The number of likely N-dealkylation sites (N-methyl/N-ethyl adjacent to an activating group) is 1. The predicted molar refractivity (Wildman–Crippen MR) is 178 cm³/mol. The molecular weight excluding hydrogens is 612 g/mol. The Labute approximate surface area is 276 Å². The number of likely N-dealkylation sites (tertiary alicyclic amines) is 1. The van der Waals surface area contributed by atoms with Crippen molar-refractivity contribution in [1.82, 2.24) is 25.3 Å². The fourth-order valence-corrected chi connectivity index (χ4v) is 6.27. The summed E-state index contributed by atoms with van der Waals surface area (Å²) in [6, 6.07) is 25.9. The van der Waals surface area contributed by atoms with Gasteiger partial charge in [-0.1, -0.05) is 90.1 Å². The van der Waals surface area contributed by atoms with Crippen LogP contribution in [0.4, 0.5) is 4.79 Å². The van der Waals surface area contributed by atoms with E-state index in [0.717, 1.165) is 32.7 Å². The van der Waals surface area contributed by atoms with Crippen molar-refractivity contribution in [2.24, 2.45) is 11.7 Å². The first kappa shape index (κ1) is 32.2. The van der Waals surface area contributed by atoms with Crippen molar-refractivity contribution in [2.75, 3.05) is 20.1 Å². The first-order chi connectivity index (χ1) is 23.2. The first-order valence-electron chi connectivity index (χ1n) is 15.8. The highest BCUT2D eigenvalue weighted by Gasteiger charge is 2.35. The molecule has 1 aromatic heterocycles. The lowest BCUT2D eigenvalue weighted by Gasteiger charge is -2.32. The summed E-state index contributed by atoms with van der Waals surface area (Å²) in [5.41, 5.74) is 7.15. The van der Waals surface area contributed by atoms with Gasteiger partial charge in [-0.25, -0.2) is 4.79 Å². The summed E-state index contributed by atoms with van der Waals surface area (Å²) >= 11 is 0. The second kappa shape index (κ2) is 13.9. The van der Waals surface area contributed by atoms with Gasteiger partial charge in [0.05, 0.1) is 0 Å². The number of benzene rings is 4. The Morgan fingerprint density at radius 1 is 0.896 bits per heavy atom. The number of carbonyl (C=O) groups is 4. The molecule has 0 aliphatic carbocycles. The van der Waals surface area contributed by atoms with Gasteiger partial charge in [-0.05, 0) is 45.5 Å². The van der Waals surface area contributed by atoms with Crippen molar-refractivity contribution < 1.29 is 28.8 Å². The van der Waals surface area contributed by atoms with Crippen LogP contribution in [0.25, 0.3) is 21.5 Å². The Kier molecular flexibility index (Phi) is 9.33. The highest BCUT2D eigenvalue weighted by Crippen LogP contribution is 2.27. The number of amides is 4. The van der Waals surface area contributed by atoms with E-state index in [1.807, 2.05) is 84.9 Å². The van der Waals surface area contributed by atoms with E-state index in [-0.39, 0.29) is 43.6 Å². The standard InChI is InChI=1S/C36H36N6O6/c1-41(30(34-39-32(31(37)43)40-48-34)21-23-11-13-25-7-3-5-9-28(25)19-23)35(45)29(20-22-10-12-24-6-2-4-8-27(24)18-22)38-33(44)26-14-16-42(17-15-26)36(46)47/h2-13,18-19,26,29-30H,14-17,20-21H2,1H3,(H2,37,43)(H,38,44)(H,46,47). The van der Waals surface area contributed by atoms with E-state index in [0.29, 0.717) is 12.8 Å². The number of rotatable bonds is 10. The second-order valence-corrected chi connectivity index (χ2v) is 12.2. The summed E-state index contributed by atoms with van der Waals surface area (Å²) in [6.07, 6.45) is 0.170. The summed E-state index contributed by atoms with van der Waals surface area (Å²) in [6.45, 7) is 0.480. The number of hydrogen-bond donors (Lipinski definition) is 3. The zero-order chi connectivity index (χ0) is 33.8. The molecule has 6 rings (SSSR count). The SMILES string of the molecule is CN(C(=O)C(Cc1ccc2ccccc2c1)NC(=O)C1CCN(C(=O)O)CC1)C(Cc1ccc2ccccc2c1)c1nc(C(N)=O)no1. The maximum atomic E-state index is 14.5. The van der Waals surface area contributed by atoms with Crippen molar-refractivity contribution in [3.63, 3.8) is 0 Å². The third kappa shape index (κ3) is 7.12. The van der Waals surface area contributed by atoms with E-state index in [4.69, 9.17) is 10.3 Å². The number of carbonyl (C=O) groups excluding carboxylic acids is 3. The zero-order valence-corrected chi connectivity index (χ0v) is 26.4. The molecule has 0 saturated carbocycles. The quantitative estimate of drug-likeness (QED) is 0.201. The molecule has 4 N–H and O–H groups in total. The average molecular weight is 649 g/mol. The molecule has 246 valence electrons. The molecule has 5 aromatic rings. The zero-order valence-electron chi connectivity index (χ0n) is 26.4. The molecule has 2 heterocycles. The molecular formula is C36H36N6O6. The van der Waals surface area contributed by atoms with Gasteiger partial charge in [-0.15, -0.1) is 0 Å². The van der Waals surface area contributed by atoms with Gasteiger partial charge in [-0.2, -0.15) is 4.98 Å². The lowest BCUT2D eigenvalue weighted by Crippen LogP contribution is -2.52. The Morgan fingerprint density at radius 3 is 2.00 bits per heavy atom. The van der Waals surface area contributed by atoms with Crippen LogP contribution in [0.2, 0.25) is 0 Å². The first-order valence-corrected chi connectivity index (χ1v) is 15.8. The lowest BCUT2D eigenvalue weighted by atomic mass is 9.94. The van der Waals surface area contributed by atoms with Crippen molar-refractivity contribution in [1.29, 1.82) is 0 Å². The van der Waals surface area contributed by atoms with Crippen LogP contribution >= 0.6 is 0 Å². The Bertz CT molecular complexity index is 1980. The molecule has 1 aliphatic rings. The van der Waals surface area contributed by atoms with E-state index in [1.165, 1.54) is 9.80 Å². The van der Waals surface area contributed by atoms with Gasteiger partial charge >= 0.3 is 6.09 Å². The highest BCUT2D eigenvalue weighted by molar-refractivity contribution is 5.90. The average Bonchev–Trinajstić information content (AvgIpc) is 3.60. The molecule has 2 atom stereocenters. The fraction of sp³-hybridized carbons (Fsp3) is 0.278. The molecule has 0 spiro atoms. The van der Waals surface area contributed by atoms with Gasteiger partial charge in [0, 0.05) is 38.9 Å². The summed E-state index contributed by atoms with van der Waals surface area (Å²) in [4.78, 5) is 58.3. The molecule has 1 saturated heterocycles. The molecule has 2 unspecified atom stereocenters. The Morgan fingerprint density at radius 2 is 1.46 bits per heavy atom. The number of nitrogens with zero attached hydrogens (tertiary/aromatic N) is 4. The van der Waals surface area contributed by atoms with E-state index in [2.05, 4.69) is 15.5 Å². The topological polar surface area (TPSA) is 172 Å². The van der Waals surface area contributed by atoms with Gasteiger partial charge < -0.3 is 30.5 Å². The van der Waals surface area contributed by atoms with Crippen LogP contribution in [0, 0.1) is 5.92 Å². The van der Waals surface area contributed by atoms with Gasteiger partial charge in [0.2, 0.25) is 17.7 Å². The third-order valence-corrected chi connectivity index (χ3v) is 9.01. The third-order valence-electron chi connectivity index (χ3n) is 9.01. The summed E-state index contributed by atoms with van der Waals surface area (Å²) in [7, 11) is 1.60. The smallest absolute Gasteiger partial charge is 0.407 e. The number of nitrogens with one attached hydrogen (secondary N) is 1. The minimum atomic E-state index is -1.02. The van der Waals surface area contributed by atoms with Crippen LogP contribution < -0.4 is 11.1 Å². The summed E-state index contributed by atoms with van der Waals surface area (Å²) < 4.78 is 5.48. The van der Waals surface area contributed by atoms with Gasteiger partial charge in [0.1, 0.15) is 12.1 Å². The number of aromatic nitrogens is 2. The van der Waals surface area contributed by atoms with E-state index >= 15 is 0 Å². The molecule has 4 amide bonds. The van der Waals surface area contributed by atoms with Crippen LogP contribution in [-0.2, 0) is 22.4 Å². The monoisotopic (exact) mass is 648 g/mol. The van der Waals surface area contributed by atoms with Gasteiger partial charge in [0.25, 0.3) is 11.7 Å². The Hall–Kier alpha value is -5.78. The van der Waals surface area contributed by atoms with E-state index in [1.54, 1.807) is 7.05 Å². The maximum Gasteiger partial charge on any atom is 0.407 e. The van der Waals surface area contributed by atoms with Crippen LogP contribution in [0.15, 0.2) is 89.5 Å². The normalized spacial score (nSPS) is 14.8. The van der Waals surface area contributed by atoms with Crippen molar-refractivity contribution in [3.05, 3.63) is 108 Å². The molecule has 4 aromatic carbocycles. The van der Waals surface area contributed by atoms with Crippen LogP contribution in [-0.4, -0.2) is 75.0 Å². The maximum absolute atomic E-state index is 14.5. The molecule has 12 heteroatoms. The highest BCUT2D eigenvalue weighted by atomic mass is 16.5. The van der Waals surface area contributed by atoms with Crippen molar-refractivity contribution >= 4 is 45.4 Å². The minimum Gasteiger partial charge on any atom is -0.465 e. The van der Waals surface area contributed by atoms with Crippen molar-refractivity contribution in [2.45, 2.75) is 37.8 Å². The number of nitrogens with two attached hydrogens (primary N) is 1. The van der Waals surface area contributed by atoms with E-state index < -0.39 is 35.9 Å². The summed E-state index contributed by atoms with van der Waals surface area (Å²) in [5.74, 6) is -2.29.